The zero-order valence-corrected chi connectivity index (χ0v) is 17.3. The average Bonchev–Trinajstić information content (AvgIpc) is 2.58. The maximum atomic E-state index is 12.2. The summed E-state index contributed by atoms with van der Waals surface area (Å²) in [4.78, 5) is 26.7. The number of nitrogens with one attached hydrogen (secondary N) is 1. The maximum absolute atomic E-state index is 12.2. The maximum Gasteiger partial charge on any atom is 0.409 e. The number of ether oxygens (including phenoxy) is 1. The van der Waals surface area contributed by atoms with E-state index in [0.717, 1.165) is 27.8 Å². The van der Waals surface area contributed by atoms with E-state index in [9.17, 15) is 9.59 Å². The van der Waals surface area contributed by atoms with Crippen LogP contribution in [0.2, 0.25) is 0 Å². The molecule has 7 heteroatoms. The lowest BCUT2D eigenvalue weighted by molar-refractivity contribution is -0.119. The van der Waals surface area contributed by atoms with Gasteiger partial charge in [0.15, 0.2) is 0 Å². The van der Waals surface area contributed by atoms with Crippen LogP contribution in [0.4, 0.5) is 4.79 Å². The third kappa shape index (κ3) is 5.92. The number of nitrogens with zero attached hydrogens (tertiary/aromatic N) is 1. The molecule has 25 heavy (non-hydrogen) atoms. The minimum Gasteiger partial charge on any atom is -0.450 e. The van der Waals surface area contributed by atoms with Crippen LogP contribution in [0.25, 0.3) is 0 Å². The molecule has 2 rings (SSSR count). The van der Waals surface area contributed by atoms with Gasteiger partial charge in [0.25, 0.3) is 0 Å². The Kier molecular flexibility index (Phi) is 7.62. The first-order chi connectivity index (χ1) is 11.9. The summed E-state index contributed by atoms with van der Waals surface area (Å²) in [6.45, 7) is 7.54. The summed E-state index contributed by atoms with van der Waals surface area (Å²) >= 11 is 5.09. The Morgan fingerprint density at radius 3 is 2.60 bits per heavy atom. The van der Waals surface area contributed by atoms with Gasteiger partial charge < -0.3 is 15.0 Å². The van der Waals surface area contributed by atoms with Gasteiger partial charge in [0.05, 0.1) is 12.4 Å². The molecule has 1 saturated heterocycles. The van der Waals surface area contributed by atoms with Crippen molar-refractivity contribution in [3.63, 3.8) is 0 Å². The standard InChI is InChI=1S/C18H25BrN2O3S/c1-4-24-18(23)21-7-5-14(6-8-21)20-17(22)11-25-16-10-12(2)15(19)9-13(16)3/h9-10,14H,4-8,11H2,1-3H3,(H,20,22). The van der Waals surface area contributed by atoms with Gasteiger partial charge in [0.2, 0.25) is 5.91 Å². The van der Waals surface area contributed by atoms with Gasteiger partial charge in [-0.15, -0.1) is 11.8 Å². The number of thioether (sulfide) groups is 1. The number of benzene rings is 1. The molecule has 0 spiro atoms. The number of piperidine rings is 1. The molecule has 1 fully saturated rings. The van der Waals surface area contributed by atoms with Crippen LogP contribution in [0.5, 0.6) is 0 Å². The Balaban J connectivity index is 1.76. The summed E-state index contributed by atoms with van der Waals surface area (Å²) in [5.74, 6) is 0.444. The quantitative estimate of drug-likeness (QED) is 0.722. The van der Waals surface area contributed by atoms with Crippen molar-refractivity contribution < 1.29 is 14.3 Å². The van der Waals surface area contributed by atoms with Gasteiger partial charge in [-0.3, -0.25) is 4.79 Å². The Morgan fingerprint density at radius 1 is 1.28 bits per heavy atom. The SMILES string of the molecule is CCOC(=O)N1CCC(NC(=O)CSc2cc(C)c(Br)cc2C)CC1. The van der Waals surface area contributed by atoms with Gasteiger partial charge in [0, 0.05) is 28.5 Å². The predicted octanol–water partition coefficient (Wildman–Crippen LogP) is 3.90. The molecule has 0 aliphatic carbocycles. The van der Waals surface area contributed by atoms with Gasteiger partial charge in [-0.1, -0.05) is 15.9 Å². The number of halogens is 1. The van der Waals surface area contributed by atoms with E-state index in [1.807, 2.05) is 6.92 Å². The van der Waals surface area contributed by atoms with Crippen molar-refractivity contribution in [3.8, 4) is 0 Å². The number of carbonyl (C=O) groups excluding carboxylic acids is 2. The second kappa shape index (κ2) is 9.48. The van der Waals surface area contributed by atoms with Crippen LogP contribution in [-0.4, -0.2) is 48.4 Å². The molecule has 0 radical (unpaired) electrons. The number of amides is 2. The topological polar surface area (TPSA) is 58.6 Å². The van der Waals surface area contributed by atoms with Gasteiger partial charge >= 0.3 is 6.09 Å². The highest BCUT2D eigenvalue weighted by atomic mass is 79.9. The number of hydrogen-bond donors (Lipinski definition) is 1. The normalized spacial score (nSPS) is 15.1. The van der Waals surface area contributed by atoms with Gasteiger partial charge in [-0.05, 0) is 56.9 Å². The molecule has 0 atom stereocenters. The molecule has 1 aromatic carbocycles. The highest BCUT2D eigenvalue weighted by molar-refractivity contribution is 9.10. The fourth-order valence-corrected chi connectivity index (χ4v) is 4.12. The van der Waals surface area contributed by atoms with E-state index in [1.165, 1.54) is 5.56 Å². The van der Waals surface area contributed by atoms with Crippen LogP contribution < -0.4 is 5.32 Å². The van der Waals surface area contributed by atoms with E-state index in [-0.39, 0.29) is 18.0 Å². The second-order valence-electron chi connectivity index (χ2n) is 6.18. The molecular weight excluding hydrogens is 404 g/mol. The smallest absolute Gasteiger partial charge is 0.409 e. The third-order valence-corrected chi connectivity index (χ3v) is 6.21. The summed E-state index contributed by atoms with van der Waals surface area (Å²) in [5.41, 5.74) is 2.33. The molecule has 0 saturated carbocycles. The van der Waals surface area contributed by atoms with Gasteiger partial charge in [-0.25, -0.2) is 4.79 Å². The van der Waals surface area contributed by atoms with Crippen molar-refractivity contribution in [3.05, 3.63) is 27.7 Å². The number of likely N-dealkylation sites (tertiary alicyclic amines) is 1. The summed E-state index contributed by atoms with van der Waals surface area (Å²) < 4.78 is 6.10. The lowest BCUT2D eigenvalue weighted by atomic mass is 10.1. The van der Waals surface area contributed by atoms with Crippen molar-refractivity contribution in [2.45, 2.75) is 44.6 Å². The number of rotatable bonds is 5. The molecule has 0 bridgehead atoms. The van der Waals surface area contributed by atoms with Crippen LogP contribution in [-0.2, 0) is 9.53 Å². The Morgan fingerprint density at radius 2 is 1.96 bits per heavy atom. The molecule has 2 amide bonds. The van der Waals surface area contributed by atoms with Crippen LogP contribution in [0, 0.1) is 13.8 Å². The molecule has 1 aliphatic heterocycles. The molecule has 138 valence electrons. The Bertz CT molecular complexity index is 631. The van der Waals surface area contributed by atoms with Crippen molar-refractivity contribution >= 4 is 39.7 Å². The molecule has 0 aromatic heterocycles. The fourth-order valence-electron chi connectivity index (χ4n) is 2.74. The lowest BCUT2D eigenvalue weighted by Crippen LogP contribution is -2.47. The summed E-state index contributed by atoms with van der Waals surface area (Å²) in [5, 5.41) is 3.08. The van der Waals surface area contributed by atoms with E-state index in [1.54, 1.807) is 23.6 Å². The molecular formula is C18H25BrN2O3S. The highest BCUT2D eigenvalue weighted by Crippen LogP contribution is 2.28. The van der Waals surface area contributed by atoms with E-state index < -0.39 is 0 Å². The van der Waals surface area contributed by atoms with Gasteiger partial charge in [-0.2, -0.15) is 0 Å². The zero-order chi connectivity index (χ0) is 18.4. The van der Waals surface area contributed by atoms with Crippen molar-refractivity contribution in [1.29, 1.82) is 0 Å². The Labute approximate surface area is 162 Å². The Hall–Kier alpha value is -1.21. The molecule has 1 N–H and O–H groups in total. The summed E-state index contributed by atoms with van der Waals surface area (Å²) in [6.07, 6.45) is 1.28. The minimum atomic E-state index is -0.260. The molecule has 1 aromatic rings. The van der Waals surface area contributed by atoms with Crippen LogP contribution in [0.15, 0.2) is 21.5 Å². The van der Waals surface area contributed by atoms with E-state index >= 15 is 0 Å². The predicted molar refractivity (Wildman–Crippen MR) is 104 cm³/mol. The van der Waals surface area contributed by atoms with Crippen LogP contribution >= 0.6 is 27.7 Å². The first kappa shape index (κ1) is 20.1. The van der Waals surface area contributed by atoms with Crippen molar-refractivity contribution in [1.82, 2.24) is 10.2 Å². The largest absolute Gasteiger partial charge is 0.450 e. The molecule has 1 heterocycles. The first-order valence-corrected chi connectivity index (χ1v) is 10.3. The molecule has 1 aliphatic rings. The first-order valence-electron chi connectivity index (χ1n) is 8.51. The van der Waals surface area contributed by atoms with Crippen molar-refractivity contribution in [2.24, 2.45) is 0 Å². The van der Waals surface area contributed by atoms with Crippen molar-refractivity contribution in [2.75, 3.05) is 25.4 Å². The monoisotopic (exact) mass is 428 g/mol. The molecule has 5 nitrogen and oxygen atoms in total. The number of carbonyl (C=O) groups is 2. The van der Waals surface area contributed by atoms with E-state index in [0.29, 0.717) is 25.4 Å². The fraction of sp³-hybridized carbons (Fsp3) is 0.556. The molecule has 0 unspecified atom stereocenters. The van der Waals surface area contributed by atoms with Gasteiger partial charge in [0.1, 0.15) is 0 Å². The summed E-state index contributed by atoms with van der Waals surface area (Å²) in [7, 11) is 0. The number of hydrogen-bond acceptors (Lipinski definition) is 4. The highest BCUT2D eigenvalue weighted by Gasteiger charge is 2.24. The van der Waals surface area contributed by atoms with E-state index in [2.05, 4.69) is 40.3 Å². The number of aryl methyl sites for hydroxylation is 2. The minimum absolute atomic E-state index is 0.0413. The van der Waals surface area contributed by atoms with E-state index in [4.69, 9.17) is 4.74 Å². The third-order valence-electron chi connectivity index (χ3n) is 4.20. The lowest BCUT2D eigenvalue weighted by Gasteiger charge is -2.31. The zero-order valence-electron chi connectivity index (χ0n) is 14.9. The summed E-state index contributed by atoms with van der Waals surface area (Å²) in [6, 6.07) is 4.32. The van der Waals surface area contributed by atoms with Crippen LogP contribution in [0.1, 0.15) is 30.9 Å². The average molecular weight is 429 g/mol. The van der Waals surface area contributed by atoms with Crippen LogP contribution in [0.3, 0.4) is 0 Å². The second-order valence-corrected chi connectivity index (χ2v) is 8.05.